The molecule has 0 amide bonds. The van der Waals surface area contributed by atoms with Gasteiger partial charge in [0.05, 0.1) is 12.5 Å². The molecule has 0 aromatic carbocycles. The van der Waals surface area contributed by atoms with Crippen LogP contribution in [0.5, 0.6) is 0 Å². The molecule has 0 saturated carbocycles. The molecule has 0 unspecified atom stereocenters. The van der Waals surface area contributed by atoms with Crippen LogP contribution >= 0.6 is 0 Å². The molecule has 0 spiro atoms. The van der Waals surface area contributed by atoms with E-state index in [1.165, 1.54) is 12.7 Å². The van der Waals surface area contributed by atoms with E-state index in [2.05, 4.69) is 13.0 Å². The van der Waals surface area contributed by atoms with E-state index in [-0.39, 0.29) is 11.4 Å². The Morgan fingerprint density at radius 1 is 1.57 bits per heavy atom. The van der Waals surface area contributed by atoms with Crippen molar-refractivity contribution in [2.75, 3.05) is 7.11 Å². The Bertz CT molecular complexity index is 251. The van der Waals surface area contributed by atoms with Crippen LogP contribution in [0.15, 0.2) is 11.6 Å². The third kappa shape index (κ3) is 2.17. The van der Waals surface area contributed by atoms with Crippen LogP contribution in [0.3, 0.4) is 0 Å². The van der Waals surface area contributed by atoms with E-state index in [0.717, 1.165) is 19.3 Å². The third-order valence-corrected chi connectivity index (χ3v) is 3.37. The largest absolute Gasteiger partial charge is 0.469 e. The van der Waals surface area contributed by atoms with Crippen molar-refractivity contribution in [3.05, 3.63) is 11.6 Å². The molecule has 2 heteroatoms. The quantitative estimate of drug-likeness (QED) is 0.501. The molecule has 80 valence electrons. The summed E-state index contributed by atoms with van der Waals surface area (Å²) in [6, 6.07) is 0. The lowest BCUT2D eigenvalue weighted by Gasteiger charge is -2.33. The van der Waals surface area contributed by atoms with Crippen LogP contribution < -0.4 is 0 Å². The average molecular weight is 196 g/mol. The summed E-state index contributed by atoms with van der Waals surface area (Å²) in [6.07, 6.45) is 5.47. The standard InChI is InChI=1S/C12H20O2/c1-9-5-7-10(8-6-9)12(2,3)11(13)14-4/h5,10H,6-8H2,1-4H3/t10-/m0/s1. The van der Waals surface area contributed by atoms with Gasteiger partial charge in [0, 0.05) is 0 Å². The monoisotopic (exact) mass is 196 g/mol. The van der Waals surface area contributed by atoms with Gasteiger partial charge >= 0.3 is 5.97 Å². The molecule has 2 nitrogen and oxygen atoms in total. The summed E-state index contributed by atoms with van der Waals surface area (Å²) in [5.41, 5.74) is 1.10. The summed E-state index contributed by atoms with van der Waals surface area (Å²) < 4.78 is 4.84. The van der Waals surface area contributed by atoms with Gasteiger partial charge in [0.15, 0.2) is 0 Å². The summed E-state index contributed by atoms with van der Waals surface area (Å²) in [7, 11) is 1.47. The van der Waals surface area contributed by atoms with Gasteiger partial charge in [-0.05, 0) is 46.0 Å². The van der Waals surface area contributed by atoms with Crippen molar-refractivity contribution in [2.45, 2.75) is 40.0 Å². The number of hydrogen-bond acceptors (Lipinski definition) is 2. The van der Waals surface area contributed by atoms with Crippen LogP contribution in [0.2, 0.25) is 0 Å². The number of hydrogen-bond donors (Lipinski definition) is 0. The van der Waals surface area contributed by atoms with Crippen molar-refractivity contribution in [3.8, 4) is 0 Å². The Kier molecular flexibility index (Phi) is 3.35. The first-order valence-corrected chi connectivity index (χ1v) is 5.22. The SMILES string of the molecule is COC(=O)C(C)(C)[C@H]1CC=C(C)CC1. The van der Waals surface area contributed by atoms with Crippen molar-refractivity contribution < 1.29 is 9.53 Å². The van der Waals surface area contributed by atoms with Crippen LogP contribution in [0.25, 0.3) is 0 Å². The predicted molar refractivity (Wildman–Crippen MR) is 56.9 cm³/mol. The van der Waals surface area contributed by atoms with Gasteiger partial charge in [-0.3, -0.25) is 4.79 Å². The first-order chi connectivity index (χ1) is 6.48. The van der Waals surface area contributed by atoms with Crippen LogP contribution in [-0.2, 0) is 9.53 Å². The maximum absolute atomic E-state index is 11.6. The summed E-state index contributed by atoms with van der Waals surface area (Å²) in [6.45, 7) is 6.12. The molecule has 14 heavy (non-hydrogen) atoms. The highest BCUT2D eigenvalue weighted by atomic mass is 16.5. The lowest BCUT2D eigenvalue weighted by Crippen LogP contribution is -2.34. The van der Waals surface area contributed by atoms with E-state index in [4.69, 9.17) is 4.74 Å². The first-order valence-electron chi connectivity index (χ1n) is 5.22. The zero-order valence-electron chi connectivity index (χ0n) is 9.59. The van der Waals surface area contributed by atoms with Crippen molar-refractivity contribution in [2.24, 2.45) is 11.3 Å². The molecule has 1 aliphatic rings. The Hall–Kier alpha value is -0.790. The Labute approximate surface area is 86.3 Å². The number of ether oxygens (including phenoxy) is 1. The number of rotatable bonds is 2. The second-order valence-corrected chi connectivity index (χ2v) is 4.74. The highest BCUT2D eigenvalue weighted by molar-refractivity contribution is 5.76. The number of esters is 1. The lowest BCUT2D eigenvalue weighted by atomic mass is 9.72. The molecule has 0 N–H and O–H groups in total. The van der Waals surface area contributed by atoms with Crippen LogP contribution in [0, 0.1) is 11.3 Å². The van der Waals surface area contributed by atoms with Gasteiger partial charge in [-0.2, -0.15) is 0 Å². The normalized spacial score (nSPS) is 22.9. The zero-order chi connectivity index (χ0) is 10.8. The van der Waals surface area contributed by atoms with E-state index in [1.807, 2.05) is 13.8 Å². The number of methoxy groups -OCH3 is 1. The van der Waals surface area contributed by atoms with Crippen molar-refractivity contribution >= 4 is 5.97 Å². The molecular formula is C12H20O2. The van der Waals surface area contributed by atoms with Crippen LogP contribution in [-0.4, -0.2) is 13.1 Å². The zero-order valence-corrected chi connectivity index (χ0v) is 9.59. The fourth-order valence-electron chi connectivity index (χ4n) is 2.05. The van der Waals surface area contributed by atoms with E-state index in [9.17, 15) is 4.79 Å². The fraction of sp³-hybridized carbons (Fsp3) is 0.750. The van der Waals surface area contributed by atoms with Gasteiger partial charge in [0.2, 0.25) is 0 Å². The number of carbonyl (C=O) groups is 1. The predicted octanol–water partition coefficient (Wildman–Crippen LogP) is 2.93. The molecule has 0 aliphatic heterocycles. The minimum absolute atomic E-state index is 0.0875. The van der Waals surface area contributed by atoms with Gasteiger partial charge in [0.1, 0.15) is 0 Å². The number of carbonyl (C=O) groups excluding carboxylic acids is 1. The molecule has 0 fully saturated rings. The molecule has 1 atom stereocenters. The Morgan fingerprint density at radius 2 is 2.21 bits per heavy atom. The highest BCUT2D eigenvalue weighted by Crippen LogP contribution is 2.38. The molecule has 0 heterocycles. The molecule has 0 bridgehead atoms. The van der Waals surface area contributed by atoms with Gasteiger partial charge < -0.3 is 4.74 Å². The van der Waals surface area contributed by atoms with E-state index < -0.39 is 0 Å². The second kappa shape index (κ2) is 4.16. The van der Waals surface area contributed by atoms with Gasteiger partial charge in [-0.25, -0.2) is 0 Å². The smallest absolute Gasteiger partial charge is 0.311 e. The molecule has 1 rings (SSSR count). The maximum Gasteiger partial charge on any atom is 0.311 e. The summed E-state index contributed by atoms with van der Waals surface area (Å²) >= 11 is 0. The van der Waals surface area contributed by atoms with Crippen molar-refractivity contribution in [3.63, 3.8) is 0 Å². The van der Waals surface area contributed by atoms with Crippen LogP contribution in [0.1, 0.15) is 40.0 Å². The highest BCUT2D eigenvalue weighted by Gasteiger charge is 2.37. The van der Waals surface area contributed by atoms with E-state index in [0.29, 0.717) is 5.92 Å². The fourth-order valence-corrected chi connectivity index (χ4v) is 2.05. The Morgan fingerprint density at radius 3 is 2.64 bits per heavy atom. The molecule has 0 aromatic rings. The first kappa shape index (κ1) is 11.3. The summed E-state index contributed by atoms with van der Waals surface area (Å²) in [5, 5.41) is 0. The molecule has 0 saturated heterocycles. The molecule has 0 radical (unpaired) electrons. The number of allylic oxidation sites excluding steroid dienone is 2. The molecule has 1 aliphatic carbocycles. The summed E-state index contributed by atoms with van der Waals surface area (Å²) in [4.78, 5) is 11.6. The minimum Gasteiger partial charge on any atom is -0.469 e. The minimum atomic E-state index is -0.341. The lowest BCUT2D eigenvalue weighted by molar-refractivity contribution is -0.154. The third-order valence-electron chi connectivity index (χ3n) is 3.37. The second-order valence-electron chi connectivity index (χ2n) is 4.74. The van der Waals surface area contributed by atoms with Gasteiger partial charge in [-0.15, -0.1) is 0 Å². The summed E-state index contributed by atoms with van der Waals surface area (Å²) in [5.74, 6) is 0.342. The average Bonchev–Trinajstić information content (AvgIpc) is 2.17. The van der Waals surface area contributed by atoms with Crippen LogP contribution in [0.4, 0.5) is 0 Å². The van der Waals surface area contributed by atoms with Crippen molar-refractivity contribution in [1.82, 2.24) is 0 Å². The molecule has 0 aromatic heterocycles. The Balaban J connectivity index is 2.69. The van der Waals surface area contributed by atoms with Gasteiger partial charge in [-0.1, -0.05) is 11.6 Å². The molecular weight excluding hydrogens is 176 g/mol. The van der Waals surface area contributed by atoms with Gasteiger partial charge in [0.25, 0.3) is 0 Å². The maximum atomic E-state index is 11.6. The topological polar surface area (TPSA) is 26.3 Å². The van der Waals surface area contributed by atoms with E-state index >= 15 is 0 Å². The van der Waals surface area contributed by atoms with E-state index in [1.54, 1.807) is 0 Å². The van der Waals surface area contributed by atoms with Crippen molar-refractivity contribution in [1.29, 1.82) is 0 Å².